The molecule has 137 valence electrons. The highest BCUT2D eigenvalue weighted by Gasteiger charge is 2.36. The summed E-state index contributed by atoms with van der Waals surface area (Å²) in [6, 6.07) is 6.77. The molecule has 2 heterocycles. The Kier molecular flexibility index (Phi) is 5.20. The number of carbonyl (C=O) groups is 1. The third-order valence-corrected chi connectivity index (χ3v) is 5.08. The summed E-state index contributed by atoms with van der Waals surface area (Å²) < 4.78 is 0. The van der Waals surface area contributed by atoms with E-state index >= 15 is 0 Å². The van der Waals surface area contributed by atoms with Gasteiger partial charge in [-0.15, -0.1) is 0 Å². The van der Waals surface area contributed by atoms with Crippen molar-refractivity contribution in [1.82, 2.24) is 4.90 Å². The van der Waals surface area contributed by atoms with Gasteiger partial charge >= 0.3 is 0 Å². The number of hydrogen-bond acceptors (Lipinski definition) is 4. The van der Waals surface area contributed by atoms with Crippen molar-refractivity contribution in [3.63, 3.8) is 0 Å². The van der Waals surface area contributed by atoms with E-state index in [4.69, 9.17) is 27.4 Å². The second-order valence-corrected chi connectivity index (χ2v) is 7.36. The fourth-order valence-corrected chi connectivity index (χ4v) is 3.54. The zero-order valence-corrected chi connectivity index (χ0v) is 16.6. The first-order chi connectivity index (χ1) is 12.7. The minimum absolute atomic E-state index is 0.0407. The summed E-state index contributed by atoms with van der Waals surface area (Å²) in [5.74, 6) is 0.335. The Morgan fingerprint density at radius 1 is 1.26 bits per heavy atom. The van der Waals surface area contributed by atoms with E-state index in [9.17, 15) is 4.79 Å². The van der Waals surface area contributed by atoms with E-state index in [0.717, 1.165) is 33.5 Å². The molecule has 1 radical (unpaired) electrons. The lowest BCUT2D eigenvalue weighted by atomic mass is 9.69. The Morgan fingerprint density at radius 2 is 1.89 bits per heavy atom. The summed E-state index contributed by atoms with van der Waals surface area (Å²) in [6.45, 7) is 7.18. The molecule has 0 bridgehead atoms. The summed E-state index contributed by atoms with van der Waals surface area (Å²) in [5.41, 5.74) is 5.40. The third kappa shape index (κ3) is 3.54. The van der Waals surface area contributed by atoms with Crippen LogP contribution in [-0.2, 0) is 4.79 Å². The van der Waals surface area contributed by atoms with Crippen LogP contribution in [0, 0.1) is 10.8 Å². The number of nitrogens with one attached hydrogen (secondary N) is 2. The van der Waals surface area contributed by atoms with Crippen LogP contribution in [0.3, 0.4) is 0 Å². The molecule has 5 nitrogen and oxygen atoms in total. The number of nitrogens with zero attached hydrogens (tertiary/aromatic N) is 2. The molecule has 0 unspecified atom stereocenters. The van der Waals surface area contributed by atoms with E-state index in [1.807, 2.05) is 33.3 Å². The van der Waals surface area contributed by atoms with Crippen LogP contribution >= 0.6 is 11.6 Å². The van der Waals surface area contributed by atoms with Crippen LogP contribution < -0.4 is 0 Å². The quantitative estimate of drug-likeness (QED) is 0.473. The van der Waals surface area contributed by atoms with Crippen LogP contribution in [0.1, 0.15) is 39.7 Å². The molecule has 1 atom stereocenters. The second kappa shape index (κ2) is 7.27. The van der Waals surface area contributed by atoms with E-state index in [1.165, 1.54) is 6.92 Å². The van der Waals surface area contributed by atoms with Crippen molar-refractivity contribution >= 4 is 42.0 Å². The predicted octanol–water partition coefficient (Wildman–Crippen LogP) is 3.99. The highest BCUT2D eigenvalue weighted by Crippen LogP contribution is 2.35. The molecule has 2 N–H and O–H groups in total. The largest absolute Gasteiger partial charge is 0.300 e. The average molecular weight is 380 g/mol. The maximum absolute atomic E-state index is 11.8. The number of aliphatic imine (C=N–C) groups is 1. The van der Waals surface area contributed by atoms with Crippen LogP contribution in [0.25, 0.3) is 0 Å². The predicted molar refractivity (Wildman–Crippen MR) is 111 cm³/mol. The molecule has 0 amide bonds. The lowest BCUT2D eigenvalue weighted by Crippen LogP contribution is -2.41. The zero-order chi connectivity index (χ0) is 19.9. The molecule has 0 saturated heterocycles. The molecular weight excluding hydrogens is 359 g/mol. The molecule has 0 fully saturated rings. The van der Waals surface area contributed by atoms with Crippen molar-refractivity contribution < 1.29 is 4.79 Å². The Hall–Kier alpha value is -2.47. The molecular formula is C20H21BClN4O. The molecule has 0 spiro atoms. The van der Waals surface area contributed by atoms with Gasteiger partial charge in [-0.05, 0) is 38.5 Å². The van der Waals surface area contributed by atoms with Crippen molar-refractivity contribution in [3.05, 3.63) is 57.1 Å². The number of amidine groups is 2. The minimum atomic E-state index is -0.638. The zero-order valence-electron chi connectivity index (χ0n) is 15.9. The van der Waals surface area contributed by atoms with Crippen LogP contribution in [0.5, 0.6) is 0 Å². The van der Waals surface area contributed by atoms with Crippen LogP contribution in [0.15, 0.2) is 51.5 Å². The Balaban J connectivity index is 2.27. The van der Waals surface area contributed by atoms with E-state index in [-0.39, 0.29) is 23.9 Å². The molecule has 3 rings (SSSR count). The van der Waals surface area contributed by atoms with Gasteiger partial charge in [-0.1, -0.05) is 41.7 Å². The Labute approximate surface area is 165 Å². The Bertz CT molecular complexity index is 943. The normalized spacial score (nSPS) is 19.6. The molecule has 2 aliphatic rings. The maximum Gasteiger partial charge on any atom is 0.210 e. The first kappa shape index (κ1) is 19.3. The van der Waals surface area contributed by atoms with Crippen molar-refractivity contribution in [3.8, 4) is 0 Å². The van der Waals surface area contributed by atoms with E-state index in [2.05, 4.69) is 0 Å². The van der Waals surface area contributed by atoms with E-state index in [1.54, 1.807) is 24.0 Å². The molecule has 1 aromatic carbocycles. The van der Waals surface area contributed by atoms with Gasteiger partial charge in [-0.3, -0.25) is 25.5 Å². The van der Waals surface area contributed by atoms with Crippen LogP contribution in [-0.4, -0.2) is 41.4 Å². The van der Waals surface area contributed by atoms with E-state index in [0.29, 0.717) is 5.02 Å². The fourth-order valence-electron chi connectivity index (χ4n) is 3.41. The van der Waals surface area contributed by atoms with Crippen molar-refractivity contribution in [2.75, 3.05) is 0 Å². The third-order valence-electron chi connectivity index (χ3n) is 4.83. The number of allylic oxidation sites excluding steroid dienone is 3. The van der Waals surface area contributed by atoms with Crippen LogP contribution in [0.4, 0.5) is 0 Å². The van der Waals surface area contributed by atoms with Crippen molar-refractivity contribution in [2.45, 2.75) is 40.2 Å². The standard InChI is InChI=1S/C20H21BClN4O/c1-10(27)9-16-20(24)26(13(4)23)19-17(11(2)12(3)21-19)18(25-16)14-5-7-15(22)8-6-14/h5-8,16,23-24H,9H2,1-4H3/t16-/m0/s1. The highest BCUT2D eigenvalue weighted by atomic mass is 35.5. The van der Waals surface area contributed by atoms with Gasteiger partial charge in [0.1, 0.15) is 23.5 Å². The van der Waals surface area contributed by atoms with Crippen LogP contribution in [0.2, 0.25) is 5.02 Å². The van der Waals surface area contributed by atoms with Gasteiger partial charge in [0.25, 0.3) is 0 Å². The molecule has 0 saturated carbocycles. The van der Waals surface area contributed by atoms with Gasteiger partial charge in [0, 0.05) is 22.6 Å². The van der Waals surface area contributed by atoms with Gasteiger partial charge in [0.15, 0.2) is 0 Å². The number of halogens is 1. The molecule has 7 heteroatoms. The minimum Gasteiger partial charge on any atom is -0.300 e. The lowest BCUT2D eigenvalue weighted by molar-refractivity contribution is -0.117. The van der Waals surface area contributed by atoms with Gasteiger partial charge < -0.3 is 0 Å². The van der Waals surface area contributed by atoms with Gasteiger partial charge in [0.05, 0.1) is 5.71 Å². The summed E-state index contributed by atoms with van der Waals surface area (Å²) in [4.78, 5) is 18.2. The molecule has 0 aromatic heterocycles. The monoisotopic (exact) mass is 379 g/mol. The van der Waals surface area contributed by atoms with Gasteiger partial charge in [-0.25, -0.2) is 0 Å². The smallest absolute Gasteiger partial charge is 0.210 e. The number of Topliss-reactive ketones (excluding diaryl/α,β-unsaturated/α-hetero) is 1. The summed E-state index contributed by atoms with van der Waals surface area (Å²) in [6.07, 6.45) is 0.127. The SMILES string of the molecule is CC(=N)N1C(=N)[C@H](CC(C)=O)N=C(c2ccc(Cl)cc2)C2=C1[B]C(C)=C2C. The van der Waals surface area contributed by atoms with Crippen molar-refractivity contribution in [1.29, 1.82) is 10.8 Å². The number of ketones is 1. The fraction of sp³-hybridized carbons (Fsp3) is 0.300. The number of carbonyl (C=O) groups excluding carboxylic acids is 1. The Morgan fingerprint density at radius 3 is 2.44 bits per heavy atom. The first-order valence-corrected chi connectivity index (χ1v) is 9.12. The first-order valence-electron chi connectivity index (χ1n) is 8.74. The van der Waals surface area contributed by atoms with E-state index < -0.39 is 6.04 Å². The molecule has 2 aliphatic heterocycles. The molecule has 0 aliphatic carbocycles. The molecule has 27 heavy (non-hydrogen) atoms. The number of rotatable bonds is 3. The van der Waals surface area contributed by atoms with Gasteiger partial charge in [0.2, 0.25) is 7.28 Å². The van der Waals surface area contributed by atoms with Crippen molar-refractivity contribution in [2.24, 2.45) is 4.99 Å². The number of hydrogen-bond donors (Lipinski definition) is 2. The summed E-state index contributed by atoms with van der Waals surface area (Å²) >= 11 is 6.05. The summed E-state index contributed by atoms with van der Waals surface area (Å²) in [5, 5.41) is 17.5. The molecule has 1 aromatic rings. The number of benzene rings is 1. The summed E-state index contributed by atoms with van der Waals surface area (Å²) in [7, 11) is 1.98. The topological polar surface area (TPSA) is 80.4 Å². The lowest BCUT2D eigenvalue weighted by Gasteiger charge is -2.27. The highest BCUT2D eigenvalue weighted by molar-refractivity contribution is 6.58. The van der Waals surface area contributed by atoms with Gasteiger partial charge in [-0.2, -0.15) is 0 Å². The second-order valence-electron chi connectivity index (χ2n) is 6.93. The maximum atomic E-state index is 11.8. The average Bonchev–Trinajstić information content (AvgIpc) is 2.80.